The number of rotatable bonds is 7. The van der Waals surface area contributed by atoms with E-state index in [0.29, 0.717) is 37.4 Å². The minimum Gasteiger partial charge on any atom is -0.434 e. The summed E-state index contributed by atoms with van der Waals surface area (Å²) in [6, 6.07) is 7.53. The van der Waals surface area contributed by atoms with Crippen molar-refractivity contribution in [3.8, 4) is 5.75 Å². The van der Waals surface area contributed by atoms with Crippen LogP contribution >= 0.6 is 0 Å². The van der Waals surface area contributed by atoms with E-state index in [2.05, 4.69) is 9.72 Å². The molecule has 33 heavy (non-hydrogen) atoms. The van der Waals surface area contributed by atoms with Gasteiger partial charge in [0.25, 0.3) is 11.8 Å². The van der Waals surface area contributed by atoms with E-state index in [-0.39, 0.29) is 35.5 Å². The number of hydrogen-bond donors (Lipinski definition) is 1. The van der Waals surface area contributed by atoms with Crippen LogP contribution in [0.25, 0.3) is 0 Å². The van der Waals surface area contributed by atoms with Crippen molar-refractivity contribution in [3.63, 3.8) is 0 Å². The third-order valence-electron chi connectivity index (χ3n) is 5.99. The fourth-order valence-corrected chi connectivity index (χ4v) is 4.19. The van der Waals surface area contributed by atoms with Crippen molar-refractivity contribution in [2.24, 2.45) is 0 Å². The van der Waals surface area contributed by atoms with Gasteiger partial charge < -0.3 is 19.5 Å². The van der Waals surface area contributed by atoms with Gasteiger partial charge in [-0.15, -0.1) is 0 Å². The third-order valence-corrected chi connectivity index (χ3v) is 5.99. The van der Waals surface area contributed by atoms with E-state index in [1.54, 1.807) is 28.1 Å². The van der Waals surface area contributed by atoms with Gasteiger partial charge in [-0.3, -0.25) is 19.3 Å². The van der Waals surface area contributed by atoms with Crippen molar-refractivity contribution in [2.45, 2.75) is 19.5 Å². The molecule has 2 aromatic rings. The summed E-state index contributed by atoms with van der Waals surface area (Å²) in [5.41, 5.74) is 0.958. The van der Waals surface area contributed by atoms with Crippen molar-refractivity contribution in [2.75, 3.05) is 45.8 Å². The first-order valence-electron chi connectivity index (χ1n) is 11.0. The van der Waals surface area contributed by atoms with Gasteiger partial charge in [-0.2, -0.15) is 8.78 Å². The van der Waals surface area contributed by atoms with E-state index in [4.69, 9.17) is 0 Å². The smallest absolute Gasteiger partial charge is 0.387 e. The molecule has 2 saturated heterocycles. The molecule has 2 amide bonds. The molecule has 0 aliphatic carbocycles. The number of Topliss-reactive ketones (excluding diaryl/α,β-unsaturated/α-hetero) is 1. The molecule has 2 fully saturated rings. The summed E-state index contributed by atoms with van der Waals surface area (Å²) in [5.74, 6) is -0.730. The number of ketones is 1. The average molecular weight is 460 g/mol. The number of aromatic nitrogens is 1. The molecular formula is C23H26F2N4O4. The number of alkyl halides is 2. The summed E-state index contributed by atoms with van der Waals surface area (Å²) >= 11 is 0. The summed E-state index contributed by atoms with van der Waals surface area (Å²) in [4.78, 5) is 46.2. The van der Waals surface area contributed by atoms with Crippen molar-refractivity contribution in [1.82, 2.24) is 19.7 Å². The second kappa shape index (κ2) is 10.1. The highest BCUT2D eigenvalue weighted by atomic mass is 19.3. The number of likely N-dealkylation sites (tertiary alicyclic amines) is 1. The Kier molecular flexibility index (Phi) is 7.02. The number of ether oxygens (including phenoxy) is 1. The molecule has 0 bridgehead atoms. The molecule has 0 saturated carbocycles. The zero-order chi connectivity index (χ0) is 23.4. The Morgan fingerprint density at radius 3 is 2.30 bits per heavy atom. The molecule has 1 aromatic heterocycles. The summed E-state index contributed by atoms with van der Waals surface area (Å²) in [7, 11) is 0. The lowest BCUT2D eigenvalue weighted by Gasteiger charge is -2.34. The van der Waals surface area contributed by atoms with Gasteiger partial charge in [-0.05, 0) is 31.0 Å². The zero-order valence-corrected chi connectivity index (χ0v) is 18.1. The minimum atomic E-state index is -3.01. The molecule has 1 aromatic carbocycles. The quantitative estimate of drug-likeness (QED) is 0.642. The molecule has 1 N–H and O–H groups in total. The van der Waals surface area contributed by atoms with Crippen LogP contribution in [0.3, 0.4) is 0 Å². The highest BCUT2D eigenvalue weighted by molar-refractivity contribution is 6.01. The number of para-hydroxylation sites is 1. The van der Waals surface area contributed by atoms with Crippen LogP contribution in [0.5, 0.6) is 5.75 Å². The molecule has 2 aliphatic heterocycles. The Bertz CT molecular complexity index is 1010. The molecular weight excluding hydrogens is 434 g/mol. The maximum atomic E-state index is 12.8. The van der Waals surface area contributed by atoms with Gasteiger partial charge in [0, 0.05) is 51.0 Å². The Morgan fingerprint density at radius 2 is 1.61 bits per heavy atom. The van der Waals surface area contributed by atoms with Gasteiger partial charge in [0.2, 0.25) is 0 Å². The summed E-state index contributed by atoms with van der Waals surface area (Å²) < 4.78 is 29.7. The van der Waals surface area contributed by atoms with Crippen LogP contribution in [-0.2, 0) is 0 Å². The minimum absolute atomic E-state index is 0.0878. The standard InChI is InChI=1S/C23H26F2N4O4/c24-23(25)33-20-6-2-1-5-17(20)21(31)29-11-9-27(10-12-29)15-19(30)16-13-18(26-14-16)22(32)28-7-3-4-8-28/h1-2,5-6,13-14,23,26H,3-4,7-12,15H2. The van der Waals surface area contributed by atoms with Crippen LogP contribution in [0.2, 0.25) is 0 Å². The molecule has 10 heteroatoms. The van der Waals surface area contributed by atoms with Crippen molar-refractivity contribution >= 4 is 17.6 Å². The number of amides is 2. The maximum Gasteiger partial charge on any atom is 0.387 e. The number of hydrogen-bond acceptors (Lipinski definition) is 5. The lowest BCUT2D eigenvalue weighted by Crippen LogP contribution is -2.50. The van der Waals surface area contributed by atoms with Gasteiger partial charge in [-0.1, -0.05) is 12.1 Å². The third kappa shape index (κ3) is 5.39. The average Bonchev–Trinajstić information content (AvgIpc) is 3.51. The summed E-state index contributed by atoms with van der Waals surface area (Å²) in [5, 5.41) is 0. The van der Waals surface area contributed by atoms with Crippen LogP contribution in [0.15, 0.2) is 36.5 Å². The first kappa shape index (κ1) is 22.9. The second-order valence-corrected chi connectivity index (χ2v) is 8.17. The molecule has 0 spiro atoms. The Labute approximate surface area is 190 Å². The summed E-state index contributed by atoms with van der Waals surface area (Å²) in [6.07, 6.45) is 3.56. The van der Waals surface area contributed by atoms with E-state index >= 15 is 0 Å². The number of H-pyrrole nitrogens is 1. The number of carbonyl (C=O) groups excluding carboxylic acids is 3. The normalized spacial score (nSPS) is 16.9. The first-order chi connectivity index (χ1) is 15.9. The summed E-state index contributed by atoms with van der Waals surface area (Å²) in [6.45, 7) is 0.302. The fourth-order valence-electron chi connectivity index (χ4n) is 4.19. The van der Waals surface area contributed by atoms with E-state index in [9.17, 15) is 23.2 Å². The van der Waals surface area contributed by atoms with Crippen LogP contribution in [-0.4, -0.2) is 89.7 Å². The molecule has 0 radical (unpaired) electrons. The number of aromatic amines is 1. The van der Waals surface area contributed by atoms with Crippen molar-refractivity contribution in [1.29, 1.82) is 0 Å². The number of nitrogens with one attached hydrogen (secondary N) is 1. The molecule has 2 aliphatic rings. The predicted molar refractivity (Wildman–Crippen MR) is 116 cm³/mol. The monoisotopic (exact) mass is 460 g/mol. The highest BCUT2D eigenvalue weighted by Gasteiger charge is 2.27. The predicted octanol–water partition coefficient (Wildman–Crippen LogP) is 2.49. The van der Waals surface area contributed by atoms with Crippen LogP contribution in [0, 0.1) is 0 Å². The molecule has 176 valence electrons. The van der Waals surface area contributed by atoms with Crippen molar-refractivity contribution in [3.05, 3.63) is 53.3 Å². The van der Waals surface area contributed by atoms with E-state index < -0.39 is 6.61 Å². The number of piperazine rings is 1. The molecule has 0 unspecified atom stereocenters. The maximum absolute atomic E-state index is 12.8. The van der Waals surface area contributed by atoms with E-state index in [0.717, 1.165) is 25.9 Å². The molecule has 3 heterocycles. The Morgan fingerprint density at radius 1 is 0.939 bits per heavy atom. The van der Waals surface area contributed by atoms with Crippen LogP contribution in [0.1, 0.15) is 44.0 Å². The van der Waals surface area contributed by atoms with Crippen molar-refractivity contribution < 1.29 is 27.9 Å². The Hall–Kier alpha value is -3.27. The van der Waals surface area contributed by atoms with Gasteiger partial charge >= 0.3 is 6.61 Å². The number of benzene rings is 1. The van der Waals surface area contributed by atoms with Gasteiger partial charge in [-0.25, -0.2) is 0 Å². The largest absolute Gasteiger partial charge is 0.434 e. The van der Waals surface area contributed by atoms with Crippen LogP contribution < -0.4 is 4.74 Å². The highest BCUT2D eigenvalue weighted by Crippen LogP contribution is 2.22. The SMILES string of the molecule is O=C(CN1CCN(C(=O)c2ccccc2OC(F)F)CC1)c1c[nH]c(C(=O)N2CCCC2)c1. The topological polar surface area (TPSA) is 86.0 Å². The van der Waals surface area contributed by atoms with E-state index in [1.165, 1.54) is 18.2 Å². The van der Waals surface area contributed by atoms with E-state index in [1.807, 2.05) is 4.90 Å². The Balaban J connectivity index is 1.30. The molecule has 0 atom stereocenters. The lowest BCUT2D eigenvalue weighted by molar-refractivity contribution is -0.0503. The number of nitrogens with zero attached hydrogens (tertiary/aromatic N) is 3. The number of halogens is 2. The molecule has 4 rings (SSSR count). The van der Waals surface area contributed by atoms with Gasteiger partial charge in [0.1, 0.15) is 11.4 Å². The first-order valence-corrected chi connectivity index (χ1v) is 11.0. The zero-order valence-electron chi connectivity index (χ0n) is 18.1. The van der Waals surface area contributed by atoms with Gasteiger partial charge in [0.05, 0.1) is 12.1 Å². The number of carbonyl (C=O) groups is 3. The molecule has 8 nitrogen and oxygen atoms in total. The van der Waals surface area contributed by atoms with Gasteiger partial charge in [0.15, 0.2) is 5.78 Å². The second-order valence-electron chi connectivity index (χ2n) is 8.17. The fraction of sp³-hybridized carbons (Fsp3) is 0.435. The lowest BCUT2D eigenvalue weighted by atomic mass is 10.1. The van der Waals surface area contributed by atoms with Crippen LogP contribution in [0.4, 0.5) is 8.78 Å².